The van der Waals surface area contributed by atoms with Gasteiger partial charge >= 0.3 is 0 Å². The zero-order chi connectivity index (χ0) is 12.1. The summed E-state index contributed by atoms with van der Waals surface area (Å²) in [7, 11) is 0. The van der Waals surface area contributed by atoms with Crippen molar-refractivity contribution in [2.45, 2.75) is 25.7 Å². The molecule has 1 heterocycles. The Balaban J connectivity index is 1.82. The summed E-state index contributed by atoms with van der Waals surface area (Å²) in [5.41, 5.74) is 1.26. The average Bonchev–Trinajstić information content (AvgIpc) is 2.67. The highest BCUT2D eigenvalue weighted by Crippen LogP contribution is 2.12. The quantitative estimate of drug-likeness (QED) is 0.743. The van der Waals surface area contributed by atoms with Crippen molar-refractivity contribution < 1.29 is 9.59 Å². The molecule has 2 rings (SSSR count). The fourth-order valence-corrected chi connectivity index (χ4v) is 1.83. The molecule has 3 heteroatoms. The van der Waals surface area contributed by atoms with E-state index in [0.717, 1.165) is 12.8 Å². The van der Waals surface area contributed by atoms with Gasteiger partial charge in [0, 0.05) is 19.0 Å². The lowest BCUT2D eigenvalue weighted by Gasteiger charge is -2.06. The third-order valence-corrected chi connectivity index (χ3v) is 2.79. The van der Waals surface area contributed by atoms with Gasteiger partial charge in [-0.15, -0.1) is 0 Å². The SMILES string of the molecule is O=C1CCC(=O)N1/C=C/CCc1ccccc1. The van der Waals surface area contributed by atoms with E-state index in [1.165, 1.54) is 10.5 Å². The summed E-state index contributed by atoms with van der Waals surface area (Å²) < 4.78 is 0. The molecule has 0 unspecified atom stereocenters. The van der Waals surface area contributed by atoms with E-state index in [4.69, 9.17) is 0 Å². The third kappa shape index (κ3) is 3.03. The number of rotatable bonds is 4. The summed E-state index contributed by atoms with van der Waals surface area (Å²) in [6.45, 7) is 0. The average molecular weight is 229 g/mol. The van der Waals surface area contributed by atoms with Crippen LogP contribution in [0.4, 0.5) is 0 Å². The Bertz CT molecular complexity index is 421. The van der Waals surface area contributed by atoms with Crippen LogP contribution in [-0.2, 0) is 16.0 Å². The topological polar surface area (TPSA) is 37.4 Å². The molecule has 1 aliphatic heterocycles. The van der Waals surface area contributed by atoms with Crippen LogP contribution in [0.1, 0.15) is 24.8 Å². The fourth-order valence-electron chi connectivity index (χ4n) is 1.83. The van der Waals surface area contributed by atoms with Gasteiger partial charge in [0.05, 0.1) is 0 Å². The number of hydrogen-bond acceptors (Lipinski definition) is 2. The van der Waals surface area contributed by atoms with E-state index in [0.29, 0.717) is 12.8 Å². The second-order valence-corrected chi connectivity index (χ2v) is 4.07. The zero-order valence-electron chi connectivity index (χ0n) is 9.63. The maximum Gasteiger partial charge on any atom is 0.233 e. The number of carbonyl (C=O) groups excluding carboxylic acids is 2. The van der Waals surface area contributed by atoms with Gasteiger partial charge in [-0.3, -0.25) is 14.5 Å². The van der Waals surface area contributed by atoms with Crippen molar-refractivity contribution in [1.82, 2.24) is 4.90 Å². The number of carbonyl (C=O) groups is 2. The van der Waals surface area contributed by atoms with Crippen molar-refractivity contribution >= 4 is 11.8 Å². The Morgan fingerprint density at radius 2 is 1.71 bits per heavy atom. The second kappa shape index (κ2) is 5.43. The van der Waals surface area contributed by atoms with Gasteiger partial charge in [-0.2, -0.15) is 0 Å². The number of allylic oxidation sites excluding steroid dienone is 1. The normalized spacial score (nSPS) is 16.1. The van der Waals surface area contributed by atoms with Gasteiger partial charge in [-0.05, 0) is 18.4 Å². The highest BCUT2D eigenvalue weighted by atomic mass is 16.2. The largest absolute Gasteiger partial charge is 0.274 e. The Morgan fingerprint density at radius 1 is 1.06 bits per heavy atom. The third-order valence-electron chi connectivity index (χ3n) is 2.79. The molecule has 0 aliphatic carbocycles. The Hall–Kier alpha value is -1.90. The van der Waals surface area contributed by atoms with E-state index in [2.05, 4.69) is 12.1 Å². The molecule has 0 radical (unpaired) electrons. The molecule has 1 aromatic carbocycles. The molecule has 1 aliphatic rings. The van der Waals surface area contributed by atoms with Crippen LogP contribution in [0.25, 0.3) is 0 Å². The van der Waals surface area contributed by atoms with Crippen LogP contribution in [-0.4, -0.2) is 16.7 Å². The van der Waals surface area contributed by atoms with Gasteiger partial charge in [0.2, 0.25) is 11.8 Å². The predicted octanol–water partition coefficient (Wildman–Crippen LogP) is 2.28. The Morgan fingerprint density at radius 3 is 2.35 bits per heavy atom. The van der Waals surface area contributed by atoms with E-state index in [9.17, 15) is 9.59 Å². The first kappa shape index (κ1) is 11.6. The molecule has 1 fully saturated rings. The van der Waals surface area contributed by atoms with Gasteiger partial charge in [0.25, 0.3) is 0 Å². The fraction of sp³-hybridized carbons (Fsp3) is 0.286. The van der Waals surface area contributed by atoms with Gasteiger partial charge < -0.3 is 0 Å². The maximum atomic E-state index is 11.3. The van der Waals surface area contributed by atoms with Gasteiger partial charge in [-0.25, -0.2) is 0 Å². The number of benzene rings is 1. The smallest absolute Gasteiger partial charge is 0.233 e. The van der Waals surface area contributed by atoms with Crippen molar-refractivity contribution in [3.8, 4) is 0 Å². The van der Waals surface area contributed by atoms with Crippen LogP contribution in [0.5, 0.6) is 0 Å². The molecule has 0 aromatic heterocycles. The number of aryl methyl sites for hydroxylation is 1. The van der Waals surface area contributed by atoms with Crippen molar-refractivity contribution in [2.75, 3.05) is 0 Å². The van der Waals surface area contributed by atoms with E-state index < -0.39 is 0 Å². The molecule has 1 aromatic rings. The highest BCUT2D eigenvalue weighted by molar-refractivity contribution is 6.02. The molecule has 0 spiro atoms. The second-order valence-electron chi connectivity index (χ2n) is 4.07. The summed E-state index contributed by atoms with van der Waals surface area (Å²) in [5, 5.41) is 0. The number of nitrogens with zero attached hydrogens (tertiary/aromatic N) is 1. The predicted molar refractivity (Wildman–Crippen MR) is 65.0 cm³/mol. The van der Waals surface area contributed by atoms with Gasteiger partial charge in [-0.1, -0.05) is 36.4 Å². The molecule has 0 atom stereocenters. The number of imide groups is 1. The van der Waals surface area contributed by atoms with Gasteiger partial charge in [0.15, 0.2) is 0 Å². The summed E-state index contributed by atoms with van der Waals surface area (Å²) in [5.74, 6) is -0.183. The van der Waals surface area contributed by atoms with Crippen molar-refractivity contribution in [3.05, 3.63) is 48.2 Å². The molecule has 0 bridgehead atoms. The Kier molecular flexibility index (Phi) is 3.70. The van der Waals surface area contributed by atoms with Crippen LogP contribution in [0.15, 0.2) is 42.6 Å². The molecule has 3 nitrogen and oxygen atoms in total. The lowest BCUT2D eigenvalue weighted by molar-refractivity contribution is -0.135. The van der Waals surface area contributed by atoms with Crippen LogP contribution >= 0.6 is 0 Å². The molecule has 0 N–H and O–H groups in total. The van der Waals surface area contributed by atoms with Crippen LogP contribution in [0, 0.1) is 0 Å². The maximum absolute atomic E-state index is 11.3. The monoisotopic (exact) mass is 229 g/mol. The van der Waals surface area contributed by atoms with E-state index in [1.807, 2.05) is 24.3 Å². The van der Waals surface area contributed by atoms with Crippen molar-refractivity contribution in [3.63, 3.8) is 0 Å². The minimum Gasteiger partial charge on any atom is -0.274 e. The number of amides is 2. The van der Waals surface area contributed by atoms with Crippen molar-refractivity contribution in [1.29, 1.82) is 0 Å². The lowest BCUT2D eigenvalue weighted by atomic mass is 10.1. The minimum absolute atomic E-state index is 0.0917. The molecular formula is C14H15NO2. The first-order chi connectivity index (χ1) is 8.27. The first-order valence-electron chi connectivity index (χ1n) is 5.83. The summed E-state index contributed by atoms with van der Waals surface area (Å²) in [6.07, 6.45) is 5.95. The van der Waals surface area contributed by atoms with Crippen LogP contribution in [0.2, 0.25) is 0 Å². The molecule has 2 amide bonds. The first-order valence-corrected chi connectivity index (χ1v) is 5.83. The lowest BCUT2D eigenvalue weighted by Crippen LogP contribution is -2.22. The molecular weight excluding hydrogens is 214 g/mol. The summed E-state index contributed by atoms with van der Waals surface area (Å²) >= 11 is 0. The minimum atomic E-state index is -0.0917. The highest BCUT2D eigenvalue weighted by Gasteiger charge is 2.26. The molecule has 1 saturated heterocycles. The van der Waals surface area contributed by atoms with Crippen LogP contribution < -0.4 is 0 Å². The zero-order valence-corrected chi connectivity index (χ0v) is 9.63. The number of likely N-dealkylation sites (tertiary alicyclic amines) is 1. The standard InChI is InChI=1S/C14H15NO2/c16-13-9-10-14(17)15(13)11-5-4-8-12-6-2-1-3-7-12/h1-3,5-7,11H,4,8-10H2/b11-5+. The molecule has 88 valence electrons. The number of hydrogen-bond donors (Lipinski definition) is 0. The summed E-state index contributed by atoms with van der Waals surface area (Å²) in [6, 6.07) is 10.1. The van der Waals surface area contributed by atoms with E-state index >= 15 is 0 Å². The van der Waals surface area contributed by atoms with Crippen molar-refractivity contribution in [2.24, 2.45) is 0 Å². The van der Waals surface area contributed by atoms with Gasteiger partial charge in [0.1, 0.15) is 0 Å². The molecule has 0 saturated carbocycles. The van der Waals surface area contributed by atoms with E-state index in [-0.39, 0.29) is 11.8 Å². The van der Waals surface area contributed by atoms with E-state index in [1.54, 1.807) is 6.20 Å². The molecule has 17 heavy (non-hydrogen) atoms. The Labute approximate surface area is 101 Å². The summed E-state index contributed by atoms with van der Waals surface area (Å²) in [4.78, 5) is 23.8. The van der Waals surface area contributed by atoms with Crippen LogP contribution in [0.3, 0.4) is 0 Å².